The maximum absolute atomic E-state index is 13.7. The van der Waals surface area contributed by atoms with Crippen LogP contribution >= 0.6 is 11.3 Å². The summed E-state index contributed by atoms with van der Waals surface area (Å²) in [4.78, 5) is 29.8. The Kier molecular flexibility index (Phi) is 5.81. The highest BCUT2D eigenvalue weighted by Crippen LogP contribution is 2.35. The van der Waals surface area contributed by atoms with E-state index >= 15 is 0 Å². The fourth-order valence-corrected chi connectivity index (χ4v) is 5.37. The zero-order valence-electron chi connectivity index (χ0n) is 19.1. The minimum absolute atomic E-state index is 0.139. The third kappa shape index (κ3) is 4.20. The molecule has 0 saturated carbocycles. The first-order valence-corrected chi connectivity index (χ1v) is 12.2. The molecule has 1 fully saturated rings. The summed E-state index contributed by atoms with van der Waals surface area (Å²) in [5.41, 5.74) is 5.84. The molecule has 0 spiro atoms. The SMILES string of the molecule is Cc1cccc(C(C)C)c1NC(=O)c1cc(-c2cccnc2)nc2nc(N3CCCC3)sc12. The average molecular weight is 458 g/mol. The Bertz CT molecular complexity index is 1310. The number of fused-ring (bicyclic) bond motifs is 1. The molecule has 1 aliphatic heterocycles. The van der Waals surface area contributed by atoms with E-state index in [1.54, 1.807) is 23.7 Å². The molecule has 33 heavy (non-hydrogen) atoms. The number of thiazole rings is 1. The zero-order chi connectivity index (χ0) is 22.9. The van der Waals surface area contributed by atoms with Crippen LogP contribution in [-0.2, 0) is 0 Å². The van der Waals surface area contributed by atoms with Crippen molar-refractivity contribution in [2.24, 2.45) is 0 Å². The van der Waals surface area contributed by atoms with Crippen molar-refractivity contribution in [1.29, 1.82) is 0 Å². The summed E-state index contributed by atoms with van der Waals surface area (Å²) in [5.74, 6) is 0.161. The van der Waals surface area contributed by atoms with Crippen molar-refractivity contribution >= 4 is 38.4 Å². The molecule has 1 N–H and O–H groups in total. The van der Waals surface area contributed by atoms with Crippen LogP contribution in [0.4, 0.5) is 10.8 Å². The second kappa shape index (κ2) is 8.90. The highest BCUT2D eigenvalue weighted by atomic mass is 32.1. The van der Waals surface area contributed by atoms with Gasteiger partial charge < -0.3 is 10.2 Å². The van der Waals surface area contributed by atoms with E-state index in [-0.39, 0.29) is 5.91 Å². The minimum atomic E-state index is -0.139. The van der Waals surface area contributed by atoms with Gasteiger partial charge in [-0.05, 0) is 55.0 Å². The Morgan fingerprint density at radius 3 is 2.67 bits per heavy atom. The number of benzene rings is 1. The predicted molar refractivity (Wildman–Crippen MR) is 135 cm³/mol. The molecular formula is C26H27N5OS. The van der Waals surface area contributed by atoms with Crippen LogP contribution in [0.15, 0.2) is 48.8 Å². The van der Waals surface area contributed by atoms with Crippen LogP contribution in [0.2, 0.25) is 0 Å². The van der Waals surface area contributed by atoms with Crippen LogP contribution in [0, 0.1) is 6.92 Å². The number of anilines is 2. The van der Waals surface area contributed by atoms with Gasteiger partial charge >= 0.3 is 0 Å². The fraction of sp³-hybridized carbons (Fsp3) is 0.308. The first-order chi connectivity index (χ1) is 16.0. The van der Waals surface area contributed by atoms with Crippen molar-refractivity contribution in [3.05, 3.63) is 65.5 Å². The number of carbonyl (C=O) groups is 1. The van der Waals surface area contributed by atoms with Gasteiger partial charge in [-0.1, -0.05) is 43.4 Å². The molecule has 7 heteroatoms. The van der Waals surface area contributed by atoms with Crippen LogP contribution in [0.1, 0.15) is 54.1 Å². The van der Waals surface area contributed by atoms with Crippen molar-refractivity contribution in [3.8, 4) is 11.3 Å². The minimum Gasteiger partial charge on any atom is -0.348 e. The number of hydrogen-bond acceptors (Lipinski definition) is 6. The molecule has 0 unspecified atom stereocenters. The van der Waals surface area contributed by atoms with Crippen LogP contribution in [0.3, 0.4) is 0 Å². The van der Waals surface area contributed by atoms with Crippen molar-refractivity contribution in [2.75, 3.05) is 23.3 Å². The molecular weight excluding hydrogens is 430 g/mol. The summed E-state index contributed by atoms with van der Waals surface area (Å²) < 4.78 is 0.821. The molecule has 6 nitrogen and oxygen atoms in total. The Morgan fingerprint density at radius 2 is 1.94 bits per heavy atom. The average Bonchev–Trinajstić information content (AvgIpc) is 3.50. The van der Waals surface area contributed by atoms with E-state index in [1.807, 2.05) is 37.3 Å². The number of nitrogens with zero attached hydrogens (tertiary/aromatic N) is 4. The highest BCUT2D eigenvalue weighted by Gasteiger charge is 2.23. The monoisotopic (exact) mass is 457 g/mol. The lowest BCUT2D eigenvalue weighted by Gasteiger charge is -2.17. The molecule has 3 aromatic heterocycles. The van der Waals surface area contributed by atoms with Crippen LogP contribution in [0.25, 0.3) is 21.6 Å². The predicted octanol–water partition coefficient (Wildman–Crippen LogP) is 6.04. The van der Waals surface area contributed by atoms with E-state index in [0.29, 0.717) is 22.8 Å². The van der Waals surface area contributed by atoms with Crippen molar-refractivity contribution in [3.63, 3.8) is 0 Å². The number of aromatic nitrogens is 3. The molecule has 168 valence electrons. The maximum Gasteiger partial charge on any atom is 0.257 e. The van der Waals surface area contributed by atoms with E-state index in [1.165, 1.54) is 12.8 Å². The third-order valence-electron chi connectivity index (χ3n) is 6.09. The quantitative estimate of drug-likeness (QED) is 0.396. The standard InChI is InChI=1S/C26H27N5OS/c1-16(2)19-10-6-8-17(3)22(19)29-25(32)20-14-21(18-9-7-11-27-15-18)28-24-23(20)33-26(30-24)31-12-4-5-13-31/h6-11,14-16H,4-5,12-13H2,1-3H3,(H,29,32). The van der Waals surface area contributed by atoms with E-state index in [2.05, 4.69) is 35.1 Å². The molecule has 0 aliphatic carbocycles. The number of nitrogens with one attached hydrogen (secondary N) is 1. The summed E-state index contributed by atoms with van der Waals surface area (Å²) >= 11 is 1.55. The molecule has 4 heterocycles. The van der Waals surface area contributed by atoms with Crippen LogP contribution in [0.5, 0.6) is 0 Å². The number of hydrogen-bond donors (Lipinski definition) is 1. The van der Waals surface area contributed by atoms with Gasteiger partial charge in [0.2, 0.25) is 0 Å². The normalized spacial score (nSPS) is 13.8. The Labute approximate surface area is 197 Å². The first-order valence-electron chi connectivity index (χ1n) is 11.4. The van der Waals surface area contributed by atoms with Crippen LogP contribution in [-0.4, -0.2) is 33.9 Å². The Hall–Kier alpha value is -3.32. The van der Waals surface area contributed by atoms with Gasteiger partial charge in [0.05, 0.1) is 16.0 Å². The molecule has 4 aromatic rings. The van der Waals surface area contributed by atoms with Gasteiger partial charge in [0, 0.05) is 36.7 Å². The lowest BCUT2D eigenvalue weighted by molar-refractivity contribution is 0.102. The number of rotatable bonds is 5. The number of amides is 1. The second-order valence-corrected chi connectivity index (χ2v) is 9.77. The lowest BCUT2D eigenvalue weighted by atomic mass is 9.98. The summed E-state index contributed by atoms with van der Waals surface area (Å²) in [6, 6.07) is 11.8. The van der Waals surface area contributed by atoms with Gasteiger partial charge in [-0.3, -0.25) is 9.78 Å². The molecule has 1 aromatic carbocycles. The lowest BCUT2D eigenvalue weighted by Crippen LogP contribution is -2.16. The maximum atomic E-state index is 13.7. The molecule has 0 bridgehead atoms. The number of carbonyl (C=O) groups excluding carboxylic acids is 1. The zero-order valence-corrected chi connectivity index (χ0v) is 19.9. The molecule has 0 atom stereocenters. The van der Waals surface area contributed by atoms with Gasteiger partial charge in [0.25, 0.3) is 5.91 Å². The molecule has 0 radical (unpaired) electrons. The number of pyridine rings is 2. The Balaban J connectivity index is 1.62. The van der Waals surface area contributed by atoms with Crippen molar-refractivity contribution in [1.82, 2.24) is 15.0 Å². The van der Waals surface area contributed by atoms with E-state index in [0.717, 1.165) is 45.3 Å². The van der Waals surface area contributed by atoms with E-state index < -0.39 is 0 Å². The van der Waals surface area contributed by atoms with E-state index in [4.69, 9.17) is 9.97 Å². The van der Waals surface area contributed by atoms with Crippen molar-refractivity contribution < 1.29 is 4.79 Å². The van der Waals surface area contributed by atoms with Gasteiger partial charge in [-0.15, -0.1) is 0 Å². The van der Waals surface area contributed by atoms with Crippen LogP contribution < -0.4 is 10.2 Å². The van der Waals surface area contributed by atoms with E-state index in [9.17, 15) is 4.79 Å². The number of aryl methyl sites for hydroxylation is 1. The topological polar surface area (TPSA) is 71.0 Å². The fourth-order valence-electron chi connectivity index (χ4n) is 4.30. The molecule has 1 aliphatic rings. The summed E-state index contributed by atoms with van der Waals surface area (Å²) in [6.07, 6.45) is 5.84. The van der Waals surface area contributed by atoms with Crippen molar-refractivity contribution in [2.45, 2.75) is 39.5 Å². The molecule has 1 saturated heterocycles. The number of para-hydroxylation sites is 1. The first kappa shape index (κ1) is 21.5. The second-order valence-electron chi connectivity index (χ2n) is 8.79. The summed E-state index contributed by atoms with van der Waals surface area (Å²) in [7, 11) is 0. The van der Waals surface area contributed by atoms with Gasteiger partial charge in [-0.25, -0.2) is 4.98 Å². The highest BCUT2D eigenvalue weighted by molar-refractivity contribution is 7.22. The smallest absolute Gasteiger partial charge is 0.257 e. The molecule has 1 amide bonds. The summed E-state index contributed by atoms with van der Waals surface area (Å²) in [6.45, 7) is 8.31. The van der Waals surface area contributed by atoms with Gasteiger partial charge in [-0.2, -0.15) is 4.98 Å². The molecule has 5 rings (SSSR count). The van der Waals surface area contributed by atoms with Gasteiger partial charge in [0.15, 0.2) is 10.8 Å². The Morgan fingerprint density at radius 1 is 1.12 bits per heavy atom. The van der Waals surface area contributed by atoms with Gasteiger partial charge in [0.1, 0.15) is 0 Å². The third-order valence-corrected chi connectivity index (χ3v) is 7.23. The largest absolute Gasteiger partial charge is 0.348 e. The summed E-state index contributed by atoms with van der Waals surface area (Å²) in [5, 5.41) is 4.15.